The average molecular weight is 200 g/mol. The first kappa shape index (κ1) is 11.5. The molecule has 1 atom stereocenters. The molecule has 0 radical (unpaired) electrons. The maximum Gasteiger partial charge on any atom is 0.224 e. The molecule has 1 amide bonds. The van der Waals surface area contributed by atoms with E-state index in [1.807, 2.05) is 18.7 Å². The molecule has 0 aromatic heterocycles. The van der Waals surface area contributed by atoms with Crippen LogP contribution in [0.15, 0.2) is 0 Å². The number of rotatable bonds is 4. The molecule has 1 rings (SSSR count). The smallest absolute Gasteiger partial charge is 0.224 e. The van der Waals surface area contributed by atoms with E-state index in [0.717, 1.165) is 13.0 Å². The number of nitrogens with zero attached hydrogens (tertiary/aromatic N) is 1. The van der Waals surface area contributed by atoms with Crippen LogP contribution in [0.3, 0.4) is 0 Å². The van der Waals surface area contributed by atoms with Gasteiger partial charge in [-0.2, -0.15) is 0 Å². The van der Waals surface area contributed by atoms with Crippen molar-refractivity contribution < 1.29 is 9.53 Å². The van der Waals surface area contributed by atoms with E-state index in [9.17, 15) is 4.79 Å². The molecule has 1 aliphatic rings. The summed E-state index contributed by atoms with van der Waals surface area (Å²) >= 11 is 0. The highest BCUT2D eigenvalue weighted by atomic mass is 16.5. The van der Waals surface area contributed by atoms with Crippen molar-refractivity contribution in [1.29, 1.82) is 0 Å². The second-order valence-electron chi connectivity index (χ2n) is 4.06. The molecule has 82 valence electrons. The Balaban J connectivity index is 2.15. The molecule has 4 heteroatoms. The van der Waals surface area contributed by atoms with Gasteiger partial charge in [-0.25, -0.2) is 0 Å². The van der Waals surface area contributed by atoms with Gasteiger partial charge < -0.3 is 15.4 Å². The third-order valence-electron chi connectivity index (χ3n) is 2.34. The molecule has 0 aromatic carbocycles. The van der Waals surface area contributed by atoms with Gasteiger partial charge in [0.05, 0.1) is 19.1 Å². The zero-order valence-electron chi connectivity index (χ0n) is 9.03. The van der Waals surface area contributed by atoms with E-state index in [1.165, 1.54) is 0 Å². The van der Waals surface area contributed by atoms with Crippen molar-refractivity contribution in [2.24, 2.45) is 5.73 Å². The van der Waals surface area contributed by atoms with Gasteiger partial charge in [0.1, 0.15) is 0 Å². The summed E-state index contributed by atoms with van der Waals surface area (Å²) in [6.45, 7) is 5.97. The number of likely N-dealkylation sites (tertiary alicyclic amines) is 1. The summed E-state index contributed by atoms with van der Waals surface area (Å²) in [5.74, 6) is 0.165. The van der Waals surface area contributed by atoms with Crippen molar-refractivity contribution >= 4 is 5.91 Å². The number of carbonyl (C=O) groups is 1. The highest BCUT2D eigenvalue weighted by Gasteiger charge is 2.22. The van der Waals surface area contributed by atoms with Crippen LogP contribution < -0.4 is 5.73 Å². The minimum atomic E-state index is 0.165. The molecule has 0 spiro atoms. The molecule has 2 N–H and O–H groups in total. The third kappa shape index (κ3) is 3.64. The average Bonchev–Trinajstić information content (AvgIpc) is 2.51. The molecule has 0 unspecified atom stereocenters. The Hall–Kier alpha value is -0.610. The van der Waals surface area contributed by atoms with Crippen molar-refractivity contribution in [2.75, 3.05) is 19.7 Å². The fourth-order valence-corrected chi connectivity index (χ4v) is 1.55. The molecular formula is C10H20N2O2. The fraction of sp³-hybridized carbons (Fsp3) is 0.900. The highest BCUT2D eigenvalue weighted by Crippen LogP contribution is 2.08. The first-order valence-electron chi connectivity index (χ1n) is 5.24. The lowest BCUT2D eigenvalue weighted by molar-refractivity contribution is -0.131. The van der Waals surface area contributed by atoms with E-state index in [2.05, 4.69) is 0 Å². The quantitative estimate of drug-likeness (QED) is 0.713. The van der Waals surface area contributed by atoms with Crippen LogP contribution in [0.1, 0.15) is 26.7 Å². The van der Waals surface area contributed by atoms with E-state index < -0.39 is 0 Å². The number of carbonyl (C=O) groups excluding carboxylic acids is 1. The lowest BCUT2D eigenvalue weighted by atomic mass is 10.3. The summed E-state index contributed by atoms with van der Waals surface area (Å²) < 4.78 is 5.32. The Kier molecular flexibility index (Phi) is 4.35. The number of nitrogens with two attached hydrogens (primary N) is 1. The van der Waals surface area contributed by atoms with Crippen LogP contribution in [0.2, 0.25) is 0 Å². The van der Waals surface area contributed by atoms with Gasteiger partial charge in [0, 0.05) is 19.1 Å². The second-order valence-corrected chi connectivity index (χ2v) is 4.06. The van der Waals surface area contributed by atoms with Crippen LogP contribution in [0.4, 0.5) is 0 Å². The van der Waals surface area contributed by atoms with Gasteiger partial charge in [0.15, 0.2) is 0 Å². The minimum absolute atomic E-state index is 0.165. The molecule has 0 aromatic rings. The van der Waals surface area contributed by atoms with Crippen molar-refractivity contribution in [3.8, 4) is 0 Å². The fourth-order valence-electron chi connectivity index (χ4n) is 1.55. The number of hydrogen-bond donors (Lipinski definition) is 1. The van der Waals surface area contributed by atoms with Crippen molar-refractivity contribution in [3.05, 3.63) is 0 Å². The van der Waals surface area contributed by atoms with E-state index in [-0.39, 0.29) is 18.1 Å². The molecular weight excluding hydrogens is 180 g/mol. The van der Waals surface area contributed by atoms with Gasteiger partial charge in [0.25, 0.3) is 0 Å². The number of hydrogen-bond acceptors (Lipinski definition) is 3. The monoisotopic (exact) mass is 200 g/mol. The van der Waals surface area contributed by atoms with E-state index >= 15 is 0 Å². The van der Waals surface area contributed by atoms with E-state index in [4.69, 9.17) is 10.5 Å². The van der Waals surface area contributed by atoms with E-state index in [0.29, 0.717) is 19.6 Å². The van der Waals surface area contributed by atoms with Crippen molar-refractivity contribution in [2.45, 2.75) is 38.8 Å². The molecule has 1 saturated heterocycles. The summed E-state index contributed by atoms with van der Waals surface area (Å²) in [5, 5.41) is 0. The molecule has 1 heterocycles. The van der Waals surface area contributed by atoms with E-state index in [1.54, 1.807) is 0 Å². The Labute approximate surface area is 85.4 Å². The molecule has 0 aliphatic carbocycles. The van der Waals surface area contributed by atoms with Gasteiger partial charge in [-0.15, -0.1) is 0 Å². The first-order valence-corrected chi connectivity index (χ1v) is 5.24. The van der Waals surface area contributed by atoms with Crippen LogP contribution in [0.25, 0.3) is 0 Å². The van der Waals surface area contributed by atoms with Crippen molar-refractivity contribution in [1.82, 2.24) is 4.90 Å². The zero-order valence-corrected chi connectivity index (χ0v) is 9.03. The predicted molar refractivity (Wildman–Crippen MR) is 54.9 cm³/mol. The van der Waals surface area contributed by atoms with Gasteiger partial charge in [0.2, 0.25) is 5.91 Å². The predicted octanol–water partition coefficient (Wildman–Crippen LogP) is 0.361. The maximum absolute atomic E-state index is 11.6. The number of amides is 1. The largest absolute Gasteiger partial charge is 0.378 e. The van der Waals surface area contributed by atoms with Crippen molar-refractivity contribution in [3.63, 3.8) is 0 Å². The van der Waals surface area contributed by atoms with Crippen LogP contribution in [0, 0.1) is 0 Å². The SMILES string of the molecule is CC(C)OCCC(=O)N1CC[C@@H](N)C1. The molecule has 0 saturated carbocycles. The molecule has 4 nitrogen and oxygen atoms in total. The highest BCUT2D eigenvalue weighted by molar-refractivity contribution is 5.76. The number of ether oxygens (including phenoxy) is 1. The summed E-state index contributed by atoms with van der Waals surface area (Å²) in [4.78, 5) is 13.4. The molecule has 0 bridgehead atoms. The van der Waals surface area contributed by atoms with Gasteiger partial charge in [-0.1, -0.05) is 0 Å². The zero-order chi connectivity index (χ0) is 10.6. The summed E-state index contributed by atoms with van der Waals surface area (Å²) in [6.07, 6.45) is 1.60. The van der Waals surface area contributed by atoms with Crippen LogP contribution in [0.5, 0.6) is 0 Å². The first-order chi connectivity index (χ1) is 6.59. The lowest BCUT2D eigenvalue weighted by Gasteiger charge is -2.16. The van der Waals surface area contributed by atoms with Crippen LogP contribution in [-0.2, 0) is 9.53 Å². The Morgan fingerprint density at radius 3 is 2.86 bits per heavy atom. The second kappa shape index (κ2) is 5.32. The topological polar surface area (TPSA) is 55.6 Å². The summed E-state index contributed by atoms with van der Waals surface area (Å²) in [5.41, 5.74) is 5.71. The van der Waals surface area contributed by atoms with Crippen LogP contribution in [-0.4, -0.2) is 42.6 Å². The Morgan fingerprint density at radius 2 is 2.36 bits per heavy atom. The minimum Gasteiger partial charge on any atom is -0.378 e. The van der Waals surface area contributed by atoms with Gasteiger partial charge in [-0.05, 0) is 20.3 Å². The summed E-state index contributed by atoms with van der Waals surface area (Å²) in [7, 11) is 0. The Morgan fingerprint density at radius 1 is 1.64 bits per heavy atom. The Bertz CT molecular complexity index is 195. The lowest BCUT2D eigenvalue weighted by Crippen LogP contribution is -2.32. The molecule has 1 fully saturated rings. The van der Waals surface area contributed by atoms with Crippen LogP contribution >= 0.6 is 0 Å². The molecule has 14 heavy (non-hydrogen) atoms. The summed E-state index contributed by atoms with van der Waals surface area (Å²) in [6, 6.07) is 0.171. The standard InChI is InChI=1S/C10H20N2O2/c1-8(2)14-6-4-10(13)12-5-3-9(11)7-12/h8-9H,3-7,11H2,1-2H3/t9-/m1/s1. The maximum atomic E-state index is 11.6. The third-order valence-corrected chi connectivity index (χ3v) is 2.34. The van der Waals surface area contributed by atoms with Gasteiger partial charge in [-0.3, -0.25) is 4.79 Å². The normalized spacial score (nSPS) is 22.0. The van der Waals surface area contributed by atoms with Gasteiger partial charge >= 0.3 is 0 Å². The molecule has 1 aliphatic heterocycles.